The number of carbonyl (C=O) groups excluding carboxylic acids is 3. The Morgan fingerprint density at radius 3 is 2.27 bits per heavy atom. The molecule has 37 heavy (non-hydrogen) atoms. The van der Waals surface area contributed by atoms with Crippen LogP contribution in [-0.4, -0.2) is 49.3 Å². The summed E-state index contributed by atoms with van der Waals surface area (Å²) in [5.41, 5.74) is -1.50. The molecule has 0 radical (unpaired) electrons. The van der Waals surface area contributed by atoms with Gasteiger partial charge in [0.2, 0.25) is 5.60 Å². The number of methoxy groups -OCH3 is 1. The number of hydrogen-bond acceptors (Lipinski definition) is 7. The molecule has 4 unspecified atom stereocenters. The topological polar surface area (TPSA) is 90.9 Å². The Bertz CT molecular complexity index is 889. The average molecular weight is 520 g/mol. The quantitative estimate of drug-likeness (QED) is 0.372. The van der Waals surface area contributed by atoms with Crippen molar-refractivity contribution in [2.24, 2.45) is 40.4 Å². The summed E-state index contributed by atoms with van der Waals surface area (Å²) >= 11 is 0. The van der Waals surface area contributed by atoms with Gasteiger partial charge in [0.15, 0.2) is 6.10 Å². The van der Waals surface area contributed by atoms with Gasteiger partial charge in [-0.05, 0) is 98.3 Å². The Balaban J connectivity index is 1.62. The monoisotopic (exact) mass is 519 g/mol. The molecule has 0 amide bonds. The lowest BCUT2D eigenvalue weighted by molar-refractivity contribution is -0.234. The van der Waals surface area contributed by atoms with Crippen molar-refractivity contribution >= 4 is 17.9 Å². The zero-order valence-electron chi connectivity index (χ0n) is 24.1. The molecule has 4 aliphatic carbocycles. The Kier molecular flexibility index (Phi) is 8.05. The number of fused-ring (bicyclic) bond motifs is 5. The lowest BCUT2D eigenvalue weighted by Gasteiger charge is -2.63. The number of esters is 3. The van der Waals surface area contributed by atoms with Crippen LogP contribution in [0.4, 0.5) is 0 Å². The zero-order chi connectivity index (χ0) is 27.2. The van der Waals surface area contributed by atoms with Crippen molar-refractivity contribution in [3.05, 3.63) is 0 Å². The molecule has 0 saturated heterocycles. The molecule has 210 valence electrons. The Morgan fingerprint density at radius 1 is 0.946 bits per heavy atom. The molecule has 0 bridgehead atoms. The van der Waals surface area contributed by atoms with Gasteiger partial charge in [0.05, 0.1) is 7.11 Å². The van der Waals surface area contributed by atoms with E-state index in [1.807, 2.05) is 0 Å². The van der Waals surface area contributed by atoms with Crippen LogP contribution in [0.1, 0.15) is 99.3 Å². The molecule has 9 atom stereocenters. The first-order valence-corrected chi connectivity index (χ1v) is 14.6. The molecule has 7 heteroatoms. The predicted octanol–water partition coefficient (Wildman–Crippen LogP) is 5.05. The highest BCUT2D eigenvalue weighted by molar-refractivity contribution is 5.84. The largest absolute Gasteiger partial charge is 0.466 e. The van der Waals surface area contributed by atoms with Crippen LogP contribution >= 0.6 is 0 Å². The van der Waals surface area contributed by atoms with Crippen LogP contribution in [0.3, 0.4) is 0 Å². The molecule has 4 rings (SSSR count). The lowest BCUT2D eigenvalue weighted by atomic mass is 9.43. The summed E-state index contributed by atoms with van der Waals surface area (Å²) < 4.78 is 16.7. The molecule has 4 aliphatic rings. The molecule has 0 aromatic heterocycles. The van der Waals surface area contributed by atoms with E-state index < -0.39 is 29.6 Å². The number of carbonyl (C=O) groups is 3. The number of ether oxygens (including phenoxy) is 3. The molecule has 0 aliphatic heterocycles. The van der Waals surface area contributed by atoms with Crippen molar-refractivity contribution in [1.82, 2.24) is 5.32 Å². The van der Waals surface area contributed by atoms with Gasteiger partial charge < -0.3 is 19.5 Å². The first-order valence-electron chi connectivity index (χ1n) is 14.6. The molecular formula is C30H49NO6. The second-order valence-corrected chi connectivity index (χ2v) is 13.5. The van der Waals surface area contributed by atoms with E-state index in [9.17, 15) is 14.4 Å². The molecule has 0 heterocycles. The van der Waals surface area contributed by atoms with Gasteiger partial charge in [-0.1, -0.05) is 27.7 Å². The number of nitrogens with one attached hydrogen (secondary N) is 1. The standard InChI is InChI=1S/C30H49NO6/c1-18(2)13-15-31-25-11-10-23-22-9-8-21-16-26(36-19(3)32)30(27(34)35-7,37-20(4)33)17-29(21,6)24(22)12-14-28(23,25)5/h18,21-26,31H,8-17H2,1-7H3/t21?,22-,23-,24+,25?,26?,28-,29-,30?/m0/s1. The summed E-state index contributed by atoms with van der Waals surface area (Å²) in [7, 11) is 1.31. The van der Waals surface area contributed by atoms with Crippen LogP contribution in [0.5, 0.6) is 0 Å². The fourth-order valence-electron chi connectivity index (χ4n) is 9.33. The zero-order valence-corrected chi connectivity index (χ0v) is 24.1. The van der Waals surface area contributed by atoms with Gasteiger partial charge in [0.1, 0.15) is 0 Å². The fraction of sp³-hybridized carbons (Fsp3) is 0.900. The normalized spacial score (nSPS) is 42.8. The molecule has 0 spiro atoms. The average Bonchev–Trinajstić information content (AvgIpc) is 3.14. The predicted molar refractivity (Wildman–Crippen MR) is 140 cm³/mol. The van der Waals surface area contributed by atoms with Gasteiger partial charge in [0, 0.05) is 26.3 Å². The van der Waals surface area contributed by atoms with Crippen molar-refractivity contribution in [3.8, 4) is 0 Å². The summed E-state index contributed by atoms with van der Waals surface area (Å²) in [6.45, 7) is 13.1. The lowest BCUT2D eigenvalue weighted by Crippen LogP contribution is -2.66. The van der Waals surface area contributed by atoms with Gasteiger partial charge in [-0.25, -0.2) is 4.79 Å². The third-order valence-electron chi connectivity index (χ3n) is 11.0. The van der Waals surface area contributed by atoms with E-state index in [1.165, 1.54) is 53.1 Å². The Morgan fingerprint density at radius 2 is 1.65 bits per heavy atom. The third kappa shape index (κ3) is 4.94. The van der Waals surface area contributed by atoms with Gasteiger partial charge in [-0.2, -0.15) is 0 Å². The van der Waals surface area contributed by atoms with Crippen LogP contribution in [0.2, 0.25) is 0 Å². The minimum atomic E-state index is -1.60. The molecule has 4 saturated carbocycles. The number of rotatable bonds is 7. The summed E-state index contributed by atoms with van der Waals surface area (Å²) in [4.78, 5) is 37.7. The fourth-order valence-corrected chi connectivity index (χ4v) is 9.33. The second-order valence-electron chi connectivity index (χ2n) is 13.5. The van der Waals surface area contributed by atoms with Crippen LogP contribution in [0.25, 0.3) is 0 Å². The van der Waals surface area contributed by atoms with E-state index in [2.05, 4.69) is 33.0 Å². The van der Waals surface area contributed by atoms with Gasteiger partial charge in [0.25, 0.3) is 0 Å². The SMILES string of the molecule is COC(=O)C1(OC(C)=O)C[C@@]2(C)C(CC[C@@H]3[C@H]2CC[C@]2(C)C(NCCC(C)C)CC[C@@H]32)CC1OC(C)=O. The minimum Gasteiger partial charge on any atom is -0.466 e. The van der Waals surface area contributed by atoms with Crippen LogP contribution < -0.4 is 5.32 Å². The first-order chi connectivity index (χ1) is 17.4. The van der Waals surface area contributed by atoms with Gasteiger partial charge >= 0.3 is 17.9 Å². The maximum Gasteiger partial charge on any atom is 0.354 e. The van der Waals surface area contributed by atoms with Crippen LogP contribution in [-0.2, 0) is 28.6 Å². The van der Waals surface area contributed by atoms with Crippen molar-refractivity contribution in [2.45, 2.75) is 117 Å². The van der Waals surface area contributed by atoms with Crippen molar-refractivity contribution in [3.63, 3.8) is 0 Å². The molecule has 7 nitrogen and oxygen atoms in total. The molecule has 1 N–H and O–H groups in total. The van der Waals surface area contributed by atoms with Crippen molar-refractivity contribution in [2.75, 3.05) is 13.7 Å². The number of hydrogen-bond donors (Lipinski definition) is 1. The summed E-state index contributed by atoms with van der Waals surface area (Å²) in [6, 6.07) is 0.567. The van der Waals surface area contributed by atoms with Gasteiger partial charge in [-0.3, -0.25) is 9.59 Å². The smallest absolute Gasteiger partial charge is 0.354 e. The maximum atomic E-state index is 13.3. The van der Waals surface area contributed by atoms with E-state index >= 15 is 0 Å². The van der Waals surface area contributed by atoms with Crippen LogP contribution in [0, 0.1) is 40.4 Å². The third-order valence-corrected chi connectivity index (χ3v) is 11.0. The van der Waals surface area contributed by atoms with E-state index in [4.69, 9.17) is 14.2 Å². The maximum absolute atomic E-state index is 13.3. The van der Waals surface area contributed by atoms with E-state index in [-0.39, 0.29) is 5.41 Å². The molecular weight excluding hydrogens is 470 g/mol. The van der Waals surface area contributed by atoms with Crippen molar-refractivity contribution in [1.29, 1.82) is 0 Å². The van der Waals surface area contributed by atoms with Gasteiger partial charge in [-0.15, -0.1) is 0 Å². The minimum absolute atomic E-state index is 0.201. The van der Waals surface area contributed by atoms with E-state index in [0.717, 1.165) is 19.4 Å². The van der Waals surface area contributed by atoms with E-state index in [0.29, 0.717) is 53.9 Å². The Labute approximate surface area is 223 Å². The molecule has 0 aromatic carbocycles. The summed E-state index contributed by atoms with van der Waals surface area (Å²) in [5, 5.41) is 3.93. The van der Waals surface area contributed by atoms with E-state index in [1.54, 1.807) is 0 Å². The second kappa shape index (κ2) is 10.5. The Hall–Kier alpha value is -1.63. The highest BCUT2D eigenvalue weighted by atomic mass is 16.6. The molecule has 0 aromatic rings. The molecule has 4 fully saturated rings. The highest BCUT2D eigenvalue weighted by Crippen LogP contribution is 2.67. The van der Waals surface area contributed by atoms with Crippen LogP contribution in [0.15, 0.2) is 0 Å². The highest BCUT2D eigenvalue weighted by Gasteiger charge is 2.67. The van der Waals surface area contributed by atoms with Crippen molar-refractivity contribution < 1.29 is 28.6 Å². The summed E-state index contributed by atoms with van der Waals surface area (Å²) in [6.07, 6.45) is 8.23. The summed E-state index contributed by atoms with van der Waals surface area (Å²) in [5.74, 6) is 1.05. The first kappa shape index (κ1) is 28.4.